The van der Waals surface area contributed by atoms with Crippen LogP contribution in [0.25, 0.3) is 0 Å². The zero-order valence-corrected chi connectivity index (χ0v) is 9.11. The molecule has 0 radical (unpaired) electrons. The summed E-state index contributed by atoms with van der Waals surface area (Å²) in [6.45, 7) is 5.75. The Bertz CT molecular complexity index is 322. The summed E-state index contributed by atoms with van der Waals surface area (Å²) in [5.41, 5.74) is 0. The number of alkyl carbamates (subject to hydrolysis) is 1. The van der Waals surface area contributed by atoms with Crippen LogP contribution in [0.1, 0.15) is 25.6 Å². The van der Waals surface area contributed by atoms with Crippen molar-refractivity contribution < 1.29 is 14.1 Å². The van der Waals surface area contributed by atoms with E-state index in [1.54, 1.807) is 20.8 Å². The fraction of sp³-hybridized carbons (Fsp3) is 0.667. The molecule has 0 fully saturated rings. The highest BCUT2D eigenvalue weighted by Gasteiger charge is 2.06. The number of aromatic nitrogens is 2. The average Bonchev–Trinajstić information content (AvgIpc) is 2.50. The van der Waals surface area contributed by atoms with Crippen molar-refractivity contribution in [2.75, 3.05) is 6.54 Å². The van der Waals surface area contributed by atoms with E-state index >= 15 is 0 Å². The first kappa shape index (κ1) is 11.5. The number of hydrogen-bond donors (Lipinski definition) is 1. The fourth-order valence-corrected chi connectivity index (χ4v) is 0.969. The van der Waals surface area contributed by atoms with Crippen molar-refractivity contribution in [1.29, 1.82) is 0 Å². The lowest BCUT2D eigenvalue weighted by molar-refractivity contribution is 0.115. The Morgan fingerprint density at radius 1 is 1.60 bits per heavy atom. The van der Waals surface area contributed by atoms with Gasteiger partial charge < -0.3 is 14.6 Å². The van der Waals surface area contributed by atoms with Crippen LogP contribution in [-0.4, -0.2) is 28.9 Å². The Labute approximate surface area is 88.0 Å². The molecule has 1 aromatic heterocycles. The molecule has 1 rings (SSSR count). The summed E-state index contributed by atoms with van der Waals surface area (Å²) in [5, 5.41) is 6.22. The van der Waals surface area contributed by atoms with Crippen LogP contribution in [0, 0.1) is 6.92 Å². The SMILES string of the molecule is Cc1noc(CCNC(=O)OC(C)C)n1. The van der Waals surface area contributed by atoms with Crippen molar-refractivity contribution in [3.63, 3.8) is 0 Å². The molecule has 1 heterocycles. The van der Waals surface area contributed by atoms with Crippen molar-refractivity contribution in [1.82, 2.24) is 15.5 Å². The number of rotatable bonds is 4. The Hall–Kier alpha value is -1.59. The molecule has 0 aromatic carbocycles. The summed E-state index contributed by atoms with van der Waals surface area (Å²) in [6, 6.07) is 0. The molecule has 6 nitrogen and oxygen atoms in total. The maximum atomic E-state index is 11.0. The minimum absolute atomic E-state index is 0.115. The maximum absolute atomic E-state index is 11.0. The van der Waals surface area contributed by atoms with Crippen LogP contribution in [0.3, 0.4) is 0 Å². The topological polar surface area (TPSA) is 77.2 Å². The predicted molar refractivity (Wildman–Crippen MR) is 52.4 cm³/mol. The van der Waals surface area contributed by atoms with Crippen LogP contribution >= 0.6 is 0 Å². The highest BCUT2D eigenvalue weighted by Crippen LogP contribution is 1.96. The Balaban J connectivity index is 2.19. The van der Waals surface area contributed by atoms with Crippen LogP contribution in [0.4, 0.5) is 4.79 Å². The van der Waals surface area contributed by atoms with Gasteiger partial charge in [0.15, 0.2) is 5.82 Å². The maximum Gasteiger partial charge on any atom is 0.407 e. The van der Waals surface area contributed by atoms with Gasteiger partial charge in [-0.3, -0.25) is 0 Å². The number of hydrogen-bond acceptors (Lipinski definition) is 5. The van der Waals surface area contributed by atoms with Gasteiger partial charge in [-0.15, -0.1) is 0 Å². The molecule has 1 aromatic rings. The smallest absolute Gasteiger partial charge is 0.407 e. The van der Waals surface area contributed by atoms with Crippen molar-refractivity contribution in [2.45, 2.75) is 33.3 Å². The second kappa shape index (κ2) is 5.33. The van der Waals surface area contributed by atoms with Crippen molar-refractivity contribution in [3.8, 4) is 0 Å². The van der Waals surface area contributed by atoms with E-state index in [9.17, 15) is 4.79 Å². The first-order valence-corrected chi connectivity index (χ1v) is 4.81. The normalized spacial score (nSPS) is 10.4. The van der Waals surface area contributed by atoms with E-state index in [1.807, 2.05) is 0 Å². The van der Waals surface area contributed by atoms with Gasteiger partial charge in [-0.2, -0.15) is 4.98 Å². The highest BCUT2D eigenvalue weighted by molar-refractivity contribution is 5.67. The number of aryl methyl sites for hydroxylation is 1. The molecule has 84 valence electrons. The molecule has 0 aliphatic rings. The summed E-state index contributed by atoms with van der Waals surface area (Å²) < 4.78 is 9.75. The molecule has 1 amide bonds. The quantitative estimate of drug-likeness (QED) is 0.809. The monoisotopic (exact) mass is 213 g/mol. The van der Waals surface area contributed by atoms with E-state index in [0.717, 1.165) is 0 Å². The van der Waals surface area contributed by atoms with E-state index in [2.05, 4.69) is 15.5 Å². The fourth-order valence-electron chi connectivity index (χ4n) is 0.969. The van der Waals surface area contributed by atoms with E-state index < -0.39 is 6.09 Å². The van der Waals surface area contributed by atoms with E-state index in [1.165, 1.54) is 0 Å². The molecule has 0 unspecified atom stereocenters. The van der Waals surface area contributed by atoms with Gasteiger partial charge in [0.25, 0.3) is 0 Å². The molecule has 1 N–H and O–H groups in total. The molecule has 6 heteroatoms. The van der Waals surface area contributed by atoms with Gasteiger partial charge in [-0.1, -0.05) is 5.16 Å². The second-order valence-electron chi connectivity index (χ2n) is 3.37. The minimum Gasteiger partial charge on any atom is -0.447 e. The average molecular weight is 213 g/mol. The molecular weight excluding hydrogens is 198 g/mol. The molecule has 0 saturated carbocycles. The number of ether oxygens (including phenoxy) is 1. The van der Waals surface area contributed by atoms with Crippen LogP contribution in [0.5, 0.6) is 0 Å². The van der Waals surface area contributed by atoms with Gasteiger partial charge in [0.2, 0.25) is 5.89 Å². The largest absolute Gasteiger partial charge is 0.447 e. The summed E-state index contributed by atoms with van der Waals surface area (Å²) >= 11 is 0. The van der Waals surface area contributed by atoms with Crippen molar-refractivity contribution in [3.05, 3.63) is 11.7 Å². The lowest BCUT2D eigenvalue weighted by atomic mass is 10.4. The summed E-state index contributed by atoms with van der Waals surface area (Å²) in [6.07, 6.45) is -0.0366. The van der Waals surface area contributed by atoms with Crippen LogP contribution in [0.15, 0.2) is 4.52 Å². The molecular formula is C9H15N3O3. The van der Waals surface area contributed by atoms with Gasteiger partial charge >= 0.3 is 6.09 Å². The second-order valence-corrected chi connectivity index (χ2v) is 3.37. The molecule has 0 saturated heterocycles. The van der Waals surface area contributed by atoms with Gasteiger partial charge in [-0.05, 0) is 20.8 Å². The zero-order chi connectivity index (χ0) is 11.3. The van der Waals surface area contributed by atoms with Gasteiger partial charge in [0.1, 0.15) is 0 Å². The lowest BCUT2D eigenvalue weighted by Gasteiger charge is -2.08. The highest BCUT2D eigenvalue weighted by atomic mass is 16.6. The van der Waals surface area contributed by atoms with Crippen molar-refractivity contribution >= 4 is 6.09 Å². The lowest BCUT2D eigenvalue weighted by Crippen LogP contribution is -2.28. The number of nitrogens with one attached hydrogen (secondary N) is 1. The van der Waals surface area contributed by atoms with Crippen LogP contribution in [0.2, 0.25) is 0 Å². The number of carbonyl (C=O) groups is 1. The molecule has 0 aliphatic heterocycles. The molecule has 0 atom stereocenters. The number of amides is 1. The number of carbonyl (C=O) groups excluding carboxylic acids is 1. The first-order chi connectivity index (χ1) is 7.08. The Morgan fingerprint density at radius 2 is 2.33 bits per heavy atom. The minimum atomic E-state index is -0.429. The Morgan fingerprint density at radius 3 is 2.87 bits per heavy atom. The molecule has 0 aliphatic carbocycles. The van der Waals surface area contributed by atoms with E-state index in [0.29, 0.717) is 24.7 Å². The molecule has 15 heavy (non-hydrogen) atoms. The van der Waals surface area contributed by atoms with Gasteiger partial charge in [0.05, 0.1) is 6.10 Å². The standard InChI is InChI=1S/C9H15N3O3/c1-6(2)14-9(13)10-5-4-8-11-7(3)12-15-8/h6H,4-5H2,1-3H3,(H,10,13). The zero-order valence-electron chi connectivity index (χ0n) is 9.11. The first-order valence-electron chi connectivity index (χ1n) is 4.81. The Kier molecular flexibility index (Phi) is 4.08. The third kappa shape index (κ3) is 4.44. The van der Waals surface area contributed by atoms with E-state index in [4.69, 9.17) is 9.26 Å². The molecule has 0 bridgehead atoms. The van der Waals surface area contributed by atoms with Gasteiger partial charge in [-0.25, -0.2) is 4.79 Å². The number of nitrogens with zero attached hydrogens (tertiary/aromatic N) is 2. The van der Waals surface area contributed by atoms with Crippen molar-refractivity contribution in [2.24, 2.45) is 0 Å². The third-order valence-electron chi connectivity index (χ3n) is 1.52. The van der Waals surface area contributed by atoms with Gasteiger partial charge in [0, 0.05) is 13.0 Å². The third-order valence-corrected chi connectivity index (χ3v) is 1.52. The van der Waals surface area contributed by atoms with E-state index in [-0.39, 0.29) is 6.10 Å². The van der Waals surface area contributed by atoms with Crippen LogP contribution < -0.4 is 5.32 Å². The predicted octanol–water partition coefficient (Wildman–Crippen LogP) is 1.06. The van der Waals surface area contributed by atoms with Crippen LogP contribution in [-0.2, 0) is 11.2 Å². The summed E-state index contributed by atoms with van der Waals surface area (Å²) in [5.74, 6) is 1.10. The summed E-state index contributed by atoms with van der Waals surface area (Å²) in [7, 11) is 0. The molecule has 0 spiro atoms. The summed E-state index contributed by atoms with van der Waals surface area (Å²) in [4.78, 5) is 15.0.